The van der Waals surface area contributed by atoms with Crippen LogP contribution in [0.15, 0.2) is 24.3 Å². The fourth-order valence-electron chi connectivity index (χ4n) is 1.54. The lowest BCUT2D eigenvalue weighted by molar-refractivity contribution is 0.0796. The molecule has 1 N–H and O–H groups in total. The second-order valence-corrected chi connectivity index (χ2v) is 4.21. The fraction of sp³-hybridized carbons (Fsp3) is 0.500. The van der Waals surface area contributed by atoms with Crippen molar-refractivity contribution in [1.29, 1.82) is 0 Å². The molecular weight excluding hydrogens is 228 g/mol. The molecule has 0 aliphatic rings. The van der Waals surface area contributed by atoms with Gasteiger partial charge in [-0.3, -0.25) is 4.79 Å². The largest absolute Gasteiger partial charge is 0.494 e. The van der Waals surface area contributed by atoms with Gasteiger partial charge in [0.1, 0.15) is 5.75 Å². The first-order valence-electron chi connectivity index (χ1n) is 6.32. The summed E-state index contributed by atoms with van der Waals surface area (Å²) in [6.45, 7) is 4.21. The molecule has 1 amide bonds. The van der Waals surface area contributed by atoms with E-state index in [4.69, 9.17) is 4.74 Å². The third-order valence-electron chi connectivity index (χ3n) is 2.60. The van der Waals surface area contributed by atoms with Crippen molar-refractivity contribution >= 4 is 5.91 Å². The maximum Gasteiger partial charge on any atom is 0.253 e. The third-order valence-corrected chi connectivity index (χ3v) is 2.60. The van der Waals surface area contributed by atoms with Crippen molar-refractivity contribution in [3.8, 4) is 5.75 Å². The van der Waals surface area contributed by atoms with E-state index in [2.05, 4.69) is 12.2 Å². The molecule has 4 heteroatoms. The molecule has 0 radical (unpaired) electrons. The Morgan fingerprint density at radius 2 is 2.22 bits per heavy atom. The van der Waals surface area contributed by atoms with E-state index in [9.17, 15) is 4.79 Å². The van der Waals surface area contributed by atoms with E-state index in [0.717, 1.165) is 18.7 Å². The van der Waals surface area contributed by atoms with E-state index in [1.54, 1.807) is 18.0 Å². The molecule has 0 aliphatic carbocycles. The van der Waals surface area contributed by atoms with Crippen molar-refractivity contribution in [2.75, 3.05) is 33.8 Å². The van der Waals surface area contributed by atoms with Crippen LogP contribution in [0.2, 0.25) is 0 Å². The fourth-order valence-corrected chi connectivity index (χ4v) is 1.54. The highest BCUT2D eigenvalue weighted by Gasteiger charge is 2.11. The Labute approximate surface area is 109 Å². The standard InChI is InChI=1S/C14H22N2O2/c1-4-10-18-13-7-5-6-12(11-13)14(17)16(3)9-8-15-2/h5-7,11,15H,4,8-10H2,1-3H3. The number of amides is 1. The highest BCUT2D eigenvalue weighted by atomic mass is 16.5. The quantitative estimate of drug-likeness (QED) is 0.802. The smallest absolute Gasteiger partial charge is 0.253 e. The molecule has 0 heterocycles. The van der Waals surface area contributed by atoms with Gasteiger partial charge in [-0.1, -0.05) is 13.0 Å². The highest BCUT2D eigenvalue weighted by Crippen LogP contribution is 2.14. The molecule has 0 saturated heterocycles. The van der Waals surface area contributed by atoms with Crippen molar-refractivity contribution < 1.29 is 9.53 Å². The molecule has 0 aromatic heterocycles. The van der Waals surface area contributed by atoms with Gasteiger partial charge in [-0.25, -0.2) is 0 Å². The van der Waals surface area contributed by atoms with Gasteiger partial charge in [-0.2, -0.15) is 0 Å². The summed E-state index contributed by atoms with van der Waals surface area (Å²) < 4.78 is 5.52. The molecule has 0 spiro atoms. The van der Waals surface area contributed by atoms with Crippen LogP contribution in [0.25, 0.3) is 0 Å². The molecular formula is C14H22N2O2. The summed E-state index contributed by atoms with van der Waals surface area (Å²) in [6, 6.07) is 7.34. The summed E-state index contributed by atoms with van der Waals surface area (Å²) in [5.41, 5.74) is 0.669. The molecule has 0 bridgehead atoms. The predicted octanol–water partition coefficient (Wildman–Crippen LogP) is 1.77. The van der Waals surface area contributed by atoms with Crippen molar-refractivity contribution in [3.63, 3.8) is 0 Å². The van der Waals surface area contributed by atoms with Gasteiger partial charge < -0.3 is 15.0 Å². The van der Waals surface area contributed by atoms with Gasteiger partial charge in [-0.15, -0.1) is 0 Å². The van der Waals surface area contributed by atoms with Crippen molar-refractivity contribution in [1.82, 2.24) is 10.2 Å². The molecule has 0 fully saturated rings. The second kappa shape index (κ2) is 7.71. The molecule has 0 atom stereocenters. The molecule has 4 nitrogen and oxygen atoms in total. The Morgan fingerprint density at radius 3 is 2.89 bits per heavy atom. The molecule has 0 aliphatic heterocycles. The number of carbonyl (C=O) groups is 1. The zero-order valence-corrected chi connectivity index (χ0v) is 11.4. The topological polar surface area (TPSA) is 41.6 Å². The van der Waals surface area contributed by atoms with E-state index >= 15 is 0 Å². The first-order valence-corrected chi connectivity index (χ1v) is 6.32. The first-order chi connectivity index (χ1) is 8.69. The summed E-state index contributed by atoms with van der Waals surface area (Å²) in [4.78, 5) is 13.8. The Bertz CT molecular complexity index is 380. The monoisotopic (exact) mass is 250 g/mol. The van der Waals surface area contributed by atoms with Crippen LogP contribution >= 0.6 is 0 Å². The summed E-state index contributed by atoms with van der Waals surface area (Å²) >= 11 is 0. The van der Waals surface area contributed by atoms with E-state index < -0.39 is 0 Å². The number of rotatable bonds is 7. The molecule has 1 rings (SSSR count). The summed E-state index contributed by atoms with van der Waals surface area (Å²) in [7, 11) is 3.68. The Kier molecular flexibility index (Phi) is 6.22. The summed E-state index contributed by atoms with van der Waals surface area (Å²) in [5.74, 6) is 0.775. The van der Waals surface area contributed by atoms with Crippen LogP contribution in [0.5, 0.6) is 5.75 Å². The van der Waals surface area contributed by atoms with Gasteiger partial charge in [0.15, 0.2) is 0 Å². The van der Waals surface area contributed by atoms with Crippen molar-refractivity contribution in [2.24, 2.45) is 0 Å². The van der Waals surface area contributed by atoms with Gasteiger partial charge in [0.2, 0.25) is 0 Å². The number of carbonyl (C=O) groups excluding carboxylic acids is 1. The molecule has 18 heavy (non-hydrogen) atoms. The summed E-state index contributed by atoms with van der Waals surface area (Å²) in [5, 5.41) is 3.03. The van der Waals surface area contributed by atoms with Gasteiger partial charge in [-0.05, 0) is 31.7 Å². The van der Waals surface area contributed by atoms with Crippen LogP contribution < -0.4 is 10.1 Å². The number of likely N-dealkylation sites (N-methyl/N-ethyl adjacent to an activating group) is 2. The van der Waals surface area contributed by atoms with Crippen LogP contribution in [0, 0.1) is 0 Å². The number of nitrogens with one attached hydrogen (secondary N) is 1. The lowest BCUT2D eigenvalue weighted by Gasteiger charge is -2.17. The minimum absolute atomic E-state index is 0.0206. The van der Waals surface area contributed by atoms with E-state index in [1.165, 1.54) is 0 Å². The Morgan fingerprint density at radius 1 is 1.44 bits per heavy atom. The predicted molar refractivity (Wildman–Crippen MR) is 73.1 cm³/mol. The van der Waals surface area contributed by atoms with Crippen LogP contribution in [0.1, 0.15) is 23.7 Å². The van der Waals surface area contributed by atoms with Gasteiger partial charge >= 0.3 is 0 Å². The normalized spacial score (nSPS) is 10.2. The third kappa shape index (κ3) is 4.37. The first kappa shape index (κ1) is 14.5. The number of hydrogen-bond acceptors (Lipinski definition) is 3. The van der Waals surface area contributed by atoms with Crippen LogP contribution in [0.3, 0.4) is 0 Å². The average molecular weight is 250 g/mol. The SMILES string of the molecule is CCCOc1cccc(C(=O)N(C)CCNC)c1. The average Bonchev–Trinajstić information content (AvgIpc) is 2.42. The minimum atomic E-state index is 0.0206. The molecule has 1 aromatic carbocycles. The Balaban J connectivity index is 2.67. The van der Waals surface area contributed by atoms with Crippen LogP contribution in [0.4, 0.5) is 0 Å². The van der Waals surface area contributed by atoms with Crippen molar-refractivity contribution in [2.45, 2.75) is 13.3 Å². The minimum Gasteiger partial charge on any atom is -0.494 e. The zero-order valence-electron chi connectivity index (χ0n) is 11.4. The van der Waals surface area contributed by atoms with Gasteiger partial charge in [0, 0.05) is 25.7 Å². The summed E-state index contributed by atoms with van der Waals surface area (Å²) in [6.07, 6.45) is 0.959. The van der Waals surface area contributed by atoms with E-state index in [1.807, 2.05) is 25.2 Å². The number of nitrogens with zero attached hydrogens (tertiary/aromatic N) is 1. The zero-order chi connectivity index (χ0) is 13.4. The molecule has 1 aromatic rings. The second-order valence-electron chi connectivity index (χ2n) is 4.21. The number of ether oxygens (including phenoxy) is 1. The maximum absolute atomic E-state index is 12.1. The highest BCUT2D eigenvalue weighted by molar-refractivity contribution is 5.94. The lowest BCUT2D eigenvalue weighted by atomic mass is 10.2. The van der Waals surface area contributed by atoms with Gasteiger partial charge in [0.05, 0.1) is 6.61 Å². The van der Waals surface area contributed by atoms with E-state index in [0.29, 0.717) is 18.7 Å². The molecule has 100 valence electrons. The van der Waals surface area contributed by atoms with Gasteiger partial charge in [0.25, 0.3) is 5.91 Å². The molecule has 0 saturated carbocycles. The van der Waals surface area contributed by atoms with Crippen LogP contribution in [-0.2, 0) is 0 Å². The Hall–Kier alpha value is -1.55. The van der Waals surface area contributed by atoms with E-state index in [-0.39, 0.29) is 5.91 Å². The lowest BCUT2D eigenvalue weighted by Crippen LogP contribution is -2.32. The van der Waals surface area contributed by atoms with Crippen molar-refractivity contribution in [3.05, 3.63) is 29.8 Å². The molecule has 0 unspecified atom stereocenters. The maximum atomic E-state index is 12.1. The van der Waals surface area contributed by atoms with Crippen LogP contribution in [-0.4, -0.2) is 44.6 Å². The number of benzene rings is 1. The number of hydrogen-bond donors (Lipinski definition) is 1.